The van der Waals surface area contributed by atoms with Gasteiger partial charge in [-0.05, 0) is 37.6 Å². The summed E-state index contributed by atoms with van der Waals surface area (Å²) >= 11 is 0. The van der Waals surface area contributed by atoms with Gasteiger partial charge in [-0.1, -0.05) is 0 Å². The van der Waals surface area contributed by atoms with Crippen LogP contribution in [0.15, 0.2) is 24.3 Å². The molecule has 2 amide bonds. The van der Waals surface area contributed by atoms with E-state index in [1.165, 1.54) is 12.1 Å². The topological polar surface area (TPSA) is 70.6 Å². The molecule has 1 aromatic carbocycles. The fourth-order valence-electron chi connectivity index (χ4n) is 1.32. The zero-order valence-corrected chi connectivity index (χ0v) is 10.9. The summed E-state index contributed by atoms with van der Waals surface area (Å²) in [6.07, 6.45) is 0.637. The van der Waals surface area contributed by atoms with Crippen molar-refractivity contribution in [1.29, 1.82) is 0 Å². The quantitative estimate of drug-likeness (QED) is 0.654. The van der Waals surface area contributed by atoms with Gasteiger partial charge in [0.15, 0.2) is 0 Å². The fraction of sp³-hybridized carbons (Fsp3) is 0.462. The minimum Gasteiger partial charge on any atom is -0.494 e. The molecule has 6 heteroatoms. The van der Waals surface area contributed by atoms with Crippen molar-refractivity contribution in [2.45, 2.75) is 19.4 Å². The normalized spacial score (nSPS) is 11.7. The number of aliphatic hydroxyl groups excluding tert-OH is 1. The molecule has 5 nitrogen and oxygen atoms in total. The largest absolute Gasteiger partial charge is 0.494 e. The van der Waals surface area contributed by atoms with Crippen molar-refractivity contribution in [2.75, 3.05) is 19.8 Å². The maximum Gasteiger partial charge on any atom is 0.315 e. The van der Waals surface area contributed by atoms with E-state index in [4.69, 9.17) is 9.84 Å². The van der Waals surface area contributed by atoms with Crippen LogP contribution in [0.3, 0.4) is 0 Å². The summed E-state index contributed by atoms with van der Waals surface area (Å²) in [6, 6.07) is 5.18. The van der Waals surface area contributed by atoms with Crippen molar-refractivity contribution in [3.8, 4) is 5.75 Å². The fourth-order valence-corrected chi connectivity index (χ4v) is 1.32. The van der Waals surface area contributed by atoms with E-state index in [9.17, 15) is 9.18 Å². The van der Waals surface area contributed by atoms with Gasteiger partial charge in [0.25, 0.3) is 0 Å². The van der Waals surface area contributed by atoms with Gasteiger partial charge in [-0.25, -0.2) is 9.18 Å². The molecular formula is C13H19FN2O3. The molecule has 0 saturated heterocycles. The molecule has 0 aliphatic heterocycles. The van der Waals surface area contributed by atoms with Gasteiger partial charge in [-0.2, -0.15) is 0 Å². The second kappa shape index (κ2) is 8.31. The Morgan fingerprint density at radius 3 is 2.74 bits per heavy atom. The first-order chi connectivity index (χ1) is 9.11. The SMILES string of the molecule is CC(CO)NC(=O)NCCCOc1ccc(F)cc1. The predicted octanol–water partition coefficient (Wildman–Crippen LogP) is 1.27. The first-order valence-electron chi connectivity index (χ1n) is 6.15. The van der Waals surface area contributed by atoms with Crippen LogP contribution >= 0.6 is 0 Å². The molecule has 19 heavy (non-hydrogen) atoms. The van der Waals surface area contributed by atoms with Crippen LogP contribution in [0.2, 0.25) is 0 Å². The van der Waals surface area contributed by atoms with Crippen LogP contribution in [0.1, 0.15) is 13.3 Å². The van der Waals surface area contributed by atoms with Crippen molar-refractivity contribution in [3.63, 3.8) is 0 Å². The van der Waals surface area contributed by atoms with Crippen molar-refractivity contribution < 1.29 is 19.0 Å². The molecule has 0 spiro atoms. The number of aliphatic hydroxyl groups is 1. The van der Waals surface area contributed by atoms with E-state index in [1.807, 2.05) is 0 Å². The highest BCUT2D eigenvalue weighted by atomic mass is 19.1. The first kappa shape index (κ1) is 15.2. The van der Waals surface area contributed by atoms with Crippen LogP contribution in [0, 0.1) is 5.82 Å². The molecule has 1 rings (SSSR count). The van der Waals surface area contributed by atoms with Gasteiger partial charge in [-0.15, -0.1) is 0 Å². The lowest BCUT2D eigenvalue weighted by Crippen LogP contribution is -2.42. The highest BCUT2D eigenvalue weighted by Gasteiger charge is 2.04. The first-order valence-corrected chi connectivity index (χ1v) is 6.15. The number of amides is 2. The summed E-state index contributed by atoms with van der Waals surface area (Å²) in [5.41, 5.74) is 0. The zero-order valence-electron chi connectivity index (χ0n) is 10.9. The zero-order chi connectivity index (χ0) is 14.1. The molecule has 0 saturated carbocycles. The summed E-state index contributed by atoms with van der Waals surface area (Å²) in [5.74, 6) is 0.295. The van der Waals surface area contributed by atoms with E-state index >= 15 is 0 Å². The molecule has 0 aliphatic rings. The monoisotopic (exact) mass is 270 g/mol. The lowest BCUT2D eigenvalue weighted by Gasteiger charge is -2.12. The lowest BCUT2D eigenvalue weighted by atomic mass is 10.3. The third kappa shape index (κ3) is 6.61. The Kier molecular flexibility index (Phi) is 6.67. The number of urea groups is 1. The van der Waals surface area contributed by atoms with Crippen molar-refractivity contribution >= 4 is 6.03 Å². The third-order valence-electron chi connectivity index (χ3n) is 2.34. The molecule has 0 aliphatic carbocycles. The number of hydrogen-bond acceptors (Lipinski definition) is 3. The summed E-state index contributed by atoms with van der Waals surface area (Å²) in [7, 11) is 0. The summed E-state index contributed by atoms with van der Waals surface area (Å²) in [4.78, 5) is 11.3. The Bertz CT molecular complexity index is 384. The number of benzene rings is 1. The van der Waals surface area contributed by atoms with Crippen LogP contribution in [0.5, 0.6) is 5.75 Å². The van der Waals surface area contributed by atoms with E-state index in [1.54, 1.807) is 19.1 Å². The van der Waals surface area contributed by atoms with Crippen LogP contribution in [-0.2, 0) is 0 Å². The maximum atomic E-state index is 12.6. The van der Waals surface area contributed by atoms with Crippen LogP contribution in [0.4, 0.5) is 9.18 Å². The van der Waals surface area contributed by atoms with Crippen molar-refractivity contribution in [3.05, 3.63) is 30.1 Å². The average Bonchev–Trinajstić information content (AvgIpc) is 2.40. The molecule has 0 fully saturated rings. The minimum atomic E-state index is -0.316. The minimum absolute atomic E-state index is 0.0961. The number of carbonyl (C=O) groups excluding carboxylic acids is 1. The number of ether oxygens (including phenoxy) is 1. The number of halogens is 1. The molecule has 1 aromatic rings. The molecule has 106 valence electrons. The molecule has 1 unspecified atom stereocenters. The Morgan fingerprint density at radius 1 is 1.42 bits per heavy atom. The van der Waals surface area contributed by atoms with Gasteiger partial charge in [-0.3, -0.25) is 0 Å². The van der Waals surface area contributed by atoms with Gasteiger partial charge < -0.3 is 20.5 Å². The average molecular weight is 270 g/mol. The Balaban J connectivity index is 2.08. The highest BCUT2D eigenvalue weighted by molar-refractivity contribution is 5.74. The van der Waals surface area contributed by atoms with Gasteiger partial charge in [0.2, 0.25) is 0 Å². The molecule has 1 atom stereocenters. The van der Waals surface area contributed by atoms with Gasteiger partial charge in [0.05, 0.1) is 19.3 Å². The van der Waals surface area contributed by atoms with Gasteiger partial charge >= 0.3 is 6.03 Å². The van der Waals surface area contributed by atoms with Crippen LogP contribution in [-0.4, -0.2) is 36.9 Å². The Hall–Kier alpha value is -1.82. The molecule has 0 bridgehead atoms. The molecule has 0 heterocycles. The van der Waals surface area contributed by atoms with Crippen LogP contribution < -0.4 is 15.4 Å². The van der Waals surface area contributed by atoms with E-state index in [-0.39, 0.29) is 24.5 Å². The van der Waals surface area contributed by atoms with Crippen molar-refractivity contribution in [1.82, 2.24) is 10.6 Å². The van der Waals surface area contributed by atoms with E-state index in [0.29, 0.717) is 25.3 Å². The summed E-state index contributed by atoms with van der Waals surface area (Å²) < 4.78 is 18.0. The highest BCUT2D eigenvalue weighted by Crippen LogP contribution is 2.10. The maximum absolute atomic E-state index is 12.6. The van der Waals surface area contributed by atoms with E-state index in [2.05, 4.69) is 10.6 Å². The summed E-state index contributed by atoms with van der Waals surface area (Å²) in [5, 5.41) is 14.0. The second-order valence-corrected chi connectivity index (χ2v) is 4.14. The predicted molar refractivity (Wildman–Crippen MR) is 69.6 cm³/mol. The molecular weight excluding hydrogens is 251 g/mol. The second-order valence-electron chi connectivity index (χ2n) is 4.14. The van der Waals surface area contributed by atoms with E-state index in [0.717, 1.165) is 0 Å². The number of rotatable bonds is 7. The standard InChI is InChI=1S/C13H19FN2O3/c1-10(9-17)16-13(18)15-7-2-8-19-12-5-3-11(14)4-6-12/h3-6,10,17H,2,7-9H2,1H3,(H2,15,16,18). The van der Waals surface area contributed by atoms with Crippen LogP contribution in [0.25, 0.3) is 0 Å². The van der Waals surface area contributed by atoms with Gasteiger partial charge in [0.1, 0.15) is 11.6 Å². The number of hydrogen-bond donors (Lipinski definition) is 3. The Morgan fingerprint density at radius 2 is 2.11 bits per heavy atom. The molecule has 0 radical (unpaired) electrons. The number of carbonyl (C=O) groups is 1. The smallest absolute Gasteiger partial charge is 0.315 e. The molecule has 3 N–H and O–H groups in total. The van der Waals surface area contributed by atoms with E-state index < -0.39 is 0 Å². The third-order valence-corrected chi connectivity index (χ3v) is 2.34. The Labute approximate surface area is 111 Å². The number of nitrogens with one attached hydrogen (secondary N) is 2. The lowest BCUT2D eigenvalue weighted by molar-refractivity contribution is 0.219. The van der Waals surface area contributed by atoms with Gasteiger partial charge in [0, 0.05) is 6.54 Å². The summed E-state index contributed by atoms with van der Waals surface area (Å²) in [6.45, 7) is 2.50. The molecule has 0 aromatic heterocycles. The van der Waals surface area contributed by atoms with Crippen molar-refractivity contribution in [2.24, 2.45) is 0 Å².